The van der Waals surface area contributed by atoms with Crippen LogP contribution < -0.4 is 0 Å². The van der Waals surface area contributed by atoms with Crippen molar-refractivity contribution in [1.82, 2.24) is 35.0 Å². The van der Waals surface area contributed by atoms with Gasteiger partial charge in [-0.3, -0.25) is 9.78 Å². The van der Waals surface area contributed by atoms with Crippen LogP contribution >= 0.6 is 0 Å². The summed E-state index contributed by atoms with van der Waals surface area (Å²) in [6, 6.07) is 9.37. The first-order valence-electron chi connectivity index (χ1n) is 10.6. The van der Waals surface area contributed by atoms with Gasteiger partial charge < -0.3 is 9.42 Å². The molecule has 0 saturated carbocycles. The Morgan fingerprint density at radius 2 is 1.81 bits per heavy atom. The van der Waals surface area contributed by atoms with Gasteiger partial charge in [-0.15, -0.1) is 5.10 Å². The zero-order valence-corrected chi connectivity index (χ0v) is 17.1. The van der Waals surface area contributed by atoms with Crippen LogP contribution in [0.1, 0.15) is 32.1 Å². The molecule has 158 valence electrons. The van der Waals surface area contributed by atoms with Crippen molar-refractivity contribution in [3.63, 3.8) is 0 Å². The van der Waals surface area contributed by atoms with Gasteiger partial charge in [0.25, 0.3) is 5.89 Å². The number of hydrogen-bond acceptors (Lipinski definition) is 7. The highest BCUT2D eigenvalue weighted by atomic mass is 16.5. The summed E-state index contributed by atoms with van der Waals surface area (Å²) in [4.78, 5) is 23.0. The first kappa shape index (κ1) is 19.3. The maximum atomic E-state index is 12.6. The third-order valence-corrected chi connectivity index (χ3v) is 5.62. The van der Waals surface area contributed by atoms with E-state index in [1.807, 2.05) is 35.2 Å². The van der Waals surface area contributed by atoms with Crippen LogP contribution in [0.4, 0.5) is 0 Å². The average Bonchev–Trinajstić information content (AvgIpc) is 3.37. The third-order valence-electron chi connectivity index (χ3n) is 5.62. The summed E-state index contributed by atoms with van der Waals surface area (Å²) in [5.41, 5.74) is 3.22. The minimum absolute atomic E-state index is 0.192. The Morgan fingerprint density at radius 3 is 2.61 bits per heavy atom. The Morgan fingerprint density at radius 1 is 1.00 bits per heavy atom. The molecule has 0 spiro atoms. The highest BCUT2D eigenvalue weighted by molar-refractivity contribution is 5.80. The van der Waals surface area contributed by atoms with Crippen LogP contribution in [-0.2, 0) is 11.3 Å². The van der Waals surface area contributed by atoms with Crippen molar-refractivity contribution in [3.05, 3.63) is 42.7 Å². The second-order valence-corrected chi connectivity index (χ2v) is 7.72. The van der Waals surface area contributed by atoms with Crippen LogP contribution in [0.15, 0.2) is 47.2 Å². The number of hydrogen-bond donors (Lipinski definition) is 0. The Kier molecular flexibility index (Phi) is 5.39. The lowest BCUT2D eigenvalue weighted by atomic mass is 10.2. The standard InChI is InChI=1S/C22H23N7O2/c30-20(28-12-3-1-2-4-13-28)9-14-29-19-6-5-17(15-18(19)25-27-29)21-24-22(31-26-21)16-7-10-23-11-8-16/h5-8,10-11,15H,1-4,9,12-14H2. The summed E-state index contributed by atoms with van der Waals surface area (Å²) < 4.78 is 7.17. The molecule has 1 aromatic carbocycles. The van der Waals surface area contributed by atoms with E-state index in [0.29, 0.717) is 24.7 Å². The summed E-state index contributed by atoms with van der Waals surface area (Å²) >= 11 is 0. The van der Waals surface area contributed by atoms with Gasteiger partial charge in [0, 0.05) is 43.0 Å². The van der Waals surface area contributed by atoms with E-state index in [4.69, 9.17) is 4.52 Å². The van der Waals surface area contributed by atoms with E-state index in [0.717, 1.165) is 48.1 Å². The molecule has 0 aliphatic carbocycles. The number of likely N-dealkylation sites (tertiary alicyclic amines) is 1. The molecule has 31 heavy (non-hydrogen) atoms. The quantitative estimate of drug-likeness (QED) is 0.491. The molecule has 0 radical (unpaired) electrons. The van der Waals surface area contributed by atoms with Gasteiger partial charge in [0.05, 0.1) is 12.1 Å². The van der Waals surface area contributed by atoms with Gasteiger partial charge in [-0.2, -0.15) is 4.98 Å². The molecular weight excluding hydrogens is 394 g/mol. The topological polar surface area (TPSA) is 103 Å². The molecule has 9 nitrogen and oxygen atoms in total. The number of carbonyl (C=O) groups is 1. The number of benzene rings is 1. The average molecular weight is 417 g/mol. The fraction of sp³-hybridized carbons (Fsp3) is 0.364. The van der Waals surface area contributed by atoms with Gasteiger partial charge in [0.2, 0.25) is 11.7 Å². The monoisotopic (exact) mass is 417 g/mol. The van der Waals surface area contributed by atoms with E-state index in [-0.39, 0.29) is 5.91 Å². The van der Waals surface area contributed by atoms with Gasteiger partial charge in [0.1, 0.15) is 5.52 Å². The lowest BCUT2D eigenvalue weighted by Crippen LogP contribution is -2.32. The predicted molar refractivity (Wildman–Crippen MR) is 114 cm³/mol. The first-order valence-corrected chi connectivity index (χ1v) is 10.6. The van der Waals surface area contributed by atoms with Gasteiger partial charge in [-0.25, -0.2) is 4.68 Å². The molecule has 4 aromatic rings. The fourth-order valence-corrected chi connectivity index (χ4v) is 3.91. The number of rotatable bonds is 5. The van der Waals surface area contributed by atoms with E-state index in [9.17, 15) is 4.79 Å². The SMILES string of the molecule is O=C(CCn1nnc2cc(-c3noc(-c4ccncc4)n3)ccc21)N1CCCCCC1. The van der Waals surface area contributed by atoms with Crippen molar-refractivity contribution in [2.24, 2.45) is 0 Å². The van der Waals surface area contributed by atoms with E-state index in [1.165, 1.54) is 12.8 Å². The lowest BCUT2D eigenvalue weighted by Gasteiger charge is -2.20. The minimum Gasteiger partial charge on any atom is -0.343 e. The highest BCUT2D eigenvalue weighted by Gasteiger charge is 2.17. The van der Waals surface area contributed by atoms with Gasteiger partial charge >= 0.3 is 0 Å². The molecule has 1 aliphatic heterocycles. The molecule has 1 aliphatic rings. The van der Waals surface area contributed by atoms with Crippen LogP contribution in [0.3, 0.4) is 0 Å². The molecule has 9 heteroatoms. The van der Waals surface area contributed by atoms with Crippen LogP contribution in [0.2, 0.25) is 0 Å². The van der Waals surface area contributed by atoms with Crippen LogP contribution in [0.25, 0.3) is 33.9 Å². The summed E-state index contributed by atoms with van der Waals surface area (Å²) in [6.07, 6.45) is 8.41. The van der Waals surface area contributed by atoms with Crippen molar-refractivity contribution >= 4 is 16.9 Å². The maximum Gasteiger partial charge on any atom is 0.258 e. The Balaban J connectivity index is 1.30. The van der Waals surface area contributed by atoms with Gasteiger partial charge in [-0.05, 0) is 43.2 Å². The number of nitrogens with zero attached hydrogens (tertiary/aromatic N) is 7. The Bertz CT molecular complexity index is 1180. The Hall–Kier alpha value is -3.62. The smallest absolute Gasteiger partial charge is 0.258 e. The molecule has 5 rings (SSSR count). The maximum absolute atomic E-state index is 12.6. The molecule has 1 saturated heterocycles. The van der Waals surface area contributed by atoms with Gasteiger partial charge in [-0.1, -0.05) is 23.2 Å². The summed E-state index contributed by atoms with van der Waals surface area (Å²) in [7, 11) is 0. The molecule has 0 atom stereocenters. The van der Waals surface area contributed by atoms with Crippen LogP contribution in [-0.4, -0.2) is 54.0 Å². The minimum atomic E-state index is 0.192. The lowest BCUT2D eigenvalue weighted by molar-refractivity contribution is -0.131. The number of pyridine rings is 1. The number of aryl methyl sites for hydroxylation is 1. The first-order chi connectivity index (χ1) is 15.3. The van der Waals surface area contributed by atoms with Crippen molar-refractivity contribution in [2.45, 2.75) is 38.6 Å². The van der Waals surface area contributed by atoms with Crippen molar-refractivity contribution < 1.29 is 9.32 Å². The molecule has 1 fully saturated rings. The molecule has 4 heterocycles. The number of carbonyl (C=O) groups excluding carboxylic acids is 1. The third kappa shape index (κ3) is 4.16. The predicted octanol–water partition coefficient (Wildman–Crippen LogP) is 3.34. The number of aromatic nitrogens is 6. The van der Waals surface area contributed by atoms with Crippen molar-refractivity contribution in [2.75, 3.05) is 13.1 Å². The van der Waals surface area contributed by atoms with E-state index >= 15 is 0 Å². The van der Waals surface area contributed by atoms with Crippen LogP contribution in [0, 0.1) is 0 Å². The molecule has 0 unspecified atom stereocenters. The van der Waals surface area contributed by atoms with Crippen LogP contribution in [0.5, 0.6) is 0 Å². The largest absolute Gasteiger partial charge is 0.343 e. The Labute approximate surface area is 179 Å². The van der Waals surface area contributed by atoms with Crippen molar-refractivity contribution in [3.8, 4) is 22.8 Å². The molecule has 3 aromatic heterocycles. The molecule has 0 N–H and O–H groups in total. The zero-order valence-electron chi connectivity index (χ0n) is 17.1. The molecule has 0 bridgehead atoms. The summed E-state index contributed by atoms with van der Waals surface area (Å²) in [5.74, 6) is 1.12. The van der Waals surface area contributed by atoms with E-state index in [2.05, 4.69) is 25.4 Å². The van der Waals surface area contributed by atoms with E-state index in [1.54, 1.807) is 17.1 Å². The molecule has 1 amide bonds. The second-order valence-electron chi connectivity index (χ2n) is 7.72. The number of amides is 1. The summed E-state index contributed by atoms with van der Waals surface area (Å²) in [6.45, 7) is 2.25. The van der Waals surface area contributed by atoms with Gasteiger partial charge in [0.15, 0.2) is 0 Å². The van der Waals surface area contributed by atoms with Crippen molar-refractivity contribution in [1.29, 1.82) is 0 Å². The fourth-order valence-electron chi connectivity index (χ4n) is 3.91. The second kappa shape index (κ2) is 8.63. The van der Waals surface area contributed by atoms with E-state index < -0.39 is 0 Å². The number of fused-ring (bicyclic) bond motifs is 1. The molecular formula is C22H23N7O2. The zero-order chi connectivity index (χ0) is 21.0. The summed E-state index contributed by atoms with van der Waals surface area (Å²) in [5, 5.41) is 12.6. The normalized spacial score (nSPS) is 14.6. The highest BCUT2D eigenvalue weighted by Crippen LogP contribution is 2.24.